The lowest BCUT2D eigenvalue weighted by Gasteiger charge is -2.29. The van der Waals surface area contributed by atoms with Crippen molar-refractivity contribution in [3.63, 3.8) is 0 Å². The standard InChI is InChI=1S/C84H128N8O16S4/c1-25-101-73(97)49-89(17,18)37-29-33-85-69(93)53-105-77-61-41-57(81(5,6)7)42-62(77)110-64-44-59(83(11,12)13)46-66(79(64)107-55-71(95)87-35-31-39-91(21,22)51-75(99)103-27-3)112-68-48-60(84(14,15)16)47-67(80(68)108-56-72(96)88-36-32-40-92(23,24)52-76(100)104-28-4)111-65-45-58(82(8,9)10)43-63(109-61)78(65)106-54-70(94)86-34-30-38-90(19,20)50-74(98)102-26-2/h41-48H,25-40,49-56H2,1-24H3/p+4. The Morgan fingerprint density at radius 1 is 0.295 bits per heavy atom. The lowest BCUT2D eigenvalue weighted by molar-refractivity contribution is -0.883. The van der Waals surface area contributed by atoms with E-state index in [2.05, 4.69) is 153 Å². The topological polar surface area (TPSA) is 259 Å². The average molecular weight is 1640 g/mol. The van der Waals surface area contributed by atoms with Crippen LogP contribution >= 0.6 is 47.0 Å². The van der Waals surface area contributed by atoms with Crippen molar-refractivity contribution in [1.29, 1.82) is 0 Å². The number of amides is 4. The number of ether oxygens (including phenoxy) is 8. The van der Waals surface area contributed by atoms with Gasteiger partial charge in [-0.3, -0.25) is 19.2 Å². The third-order valence-corrected chi connectivity index (χ3v) is 22.5. The molecule has 0 saturated carbocycles. The Balaban J connectivity index is 1.85. The van der Waals surface area contributed by atoms with Gasteiger partial charge in [0, 0.05) is 51.9 Å². The molecule has 1 heterocycles. The quantitative estimate of drug-likeness (QED) is 0.0123. The van der Waals surface area contributed by atoms with E-state index in [1.165, 1.54) is 47.0 Å². The van der Waals surface area contributed by atoms with Crippen LogP contribution < -0.4 is 40.2 Å². The number of nitrogens with zero attached hydrogens (tertiary/aromatic N) is 4. The van der Waals surface area contributed by atoms with E-state index < -0.39 is 48.1 Å². The third kappa shape index (κ3) is 32.8. The Morgan fingerprint density at radius 2 is 0.455 bits per heavy atom. The maximum Gasteiger partial charge on any atom is 0.361 e. The highest BCUT2D eigenvalue weighted by molar-refractivity contribution is 8.01. The van der Waals surface area contributed by atoms with Crippen LogP contribution in [-0.4, -0.2) is 253 Å². The smallest absolute Gasteiger partial charge is 0.361 e. The molecule has 0 unspecified atom stereocenters. The highest BCUT2D eigenvalue weighted by atomic mass is 32.2. The van der Waals surface area contributed by atoms with Crippen LogP contribution in [-0.2, 0) is 79.0 Å². The van der Waals surface area contributed by atoms with Crippen LogP contribution in [0.25, 0.3) is 0 Å². The van der Waals surface area contributed by atoms with E-state index >= 15 is 0 Å². The molecule has 0 fully saturated rings. The summed E-state index contributed by atoms with van der Waals surface area (Å²) in [5.74, 6) is -1.21. The molecule has 5 rings (SSSR count). The van der Waals surface area contributed by atoms with Crippen molar-refractivity contribution in [3.8, 4) is 23.0 Å². The molecule has 1 aliphatic heterocycles. The summed E-state index contributed by atoms with van der Waals surface area (Å²) in [5, 5.41) is 12.3. The molecule has 4 aromatic carbocycles. The lowest BCUT2D eigenvalue weighted by atomic mass is 9.87. The molecule has 4 amide bonds. The van der Waals surface area contributed by atoms with Crippen molar-refractivity contribution in [1.82, 2.24) is 21.3 Å². The molecule has 4 aromatic rings. The molecule has 24 nitrogen and oxygen atoms in total. The fraction of sp³-hybridized carbons (Fsp3) is 0.619. The molecule has 0 spiro atoms. The number of likely N-dealkylation sites (N-methyl/N-ethyl adjacent to an activating group) is 4. The van der Waals surface area contributed by atoms with E-state index in [1.54, 1.807) is 27.7 Å². The summed E-state index contributed by atoms with van der Waals surface area (Å²) >= 11 is 5.50. The molecule has 624 valence electrons. The van der Waals surface area contributed by atoms with E-state index in [4.69, 9.17) is 37.9 Å². The number of rotatable bonds is 40. The number of hydrogen-bond donors (Lipinski definition) is 4. The second-order valence-corrected chi connectivity index (χ2v) is 39.4. The minimum Gasteiger partial charge on any atom is -0.481 e. The highest BCUT2D eigenvalue weighted by Gasteiger charge is 2.34. The molecule has 4 N–H and O–H groups in total. The van der Waals surface area contributed by atoms with Gasteiger partial charge in [0.15, 0.2) is 52.6 Å². The van der Waals surface area contributed by atoms with Crippen LogP contribution in [0.4, 0.5) is 0 Å². The summed E-state index contributed by atoms with van der Waals surface area (Å²) in [6.07, 6.45) is 2.24. The zero-order chi connectivity index (χ0) is 83.8. The highest BCUT2D eigenvalue weighted by Crippen LogP contribution is 2.56. The van der Waals surface area contributed by atoms with Crippen LogP contribution in [0.5, 0.6) is 23.0 Å². The first-order chi connectivity index (χ1) is 52.1. The molecule has 28 heteroatoms. The molecular formula is C84H132N8O16S4+4. The summed E-state index contributed by atoms with van der Waals surface area (Å²) in [7, 11) is 15.6. The van der Waals surface area contributed by atoms with Gasteiger partial charge < -0.3 is 77.1 Å². The second kappa shape index (κ2) is 42.6. The van der Waals surface area contributed by atoms with Gasteiger partial charge in [-0.1, -0.05) is 130 Å². The van der Waals surface area contributed by atoms with Crippen molar-refractivity contribution in [2.75, 3.05) is 188 Å². The van der Waals surface area contributed by atoms with Crippen molar-refractivity contribution in [3.05, 3.63) is 70.8 Å². The summed E-state index contributed by atoms with van der Waals surface area (Å²) in [4.78, 5) is 113. The van der Waals surface area contributed by atoms with Crippen molar-refractivity contribution < 1.29 is 94.2 Å². The van der Waals surface area contributed by atoms with E-state index in [0.29, 0.717) is 158 Å². The summed E-state index contributed by atoms with van der Waals surface area (Å²) in [5.41, 5.74) is 1.75. The number of quaternary nitrogens is 4. The zero-order valence-corrected chi connectivity index (χ0v) is 74.8. The molecule has 8 bridgehead atoms. The molecule has 112 heavy (non-hydrogen) atoms. The Hall–Kier alpha value is -6.92. The van der Waals surface area contributed by atoms with Crippen LogP contribution in [0.3, 0.4) is 0 Å². The first-order valence-corrected chi connectivity index (χ1v) is 42.3. The number of esters is 4. The number of fused-ring (bicyclic) bond motifs is 8. The zero-order valence-electron chi connectivity index (χ0n) is 71.5. The molecule has 0 aromatic heterocycles. The van der Waals surface area contributed by atoms with Gasteiger partial charge in [0.25, 0.3) is 23.6 Å². The Morgan fingerprint density at radius 3 is 0.598 bits per heavy atom. The van der Waals surface area contributed by atoms with Crippen LogP contribution in [0.1, 0.15) is 159 Å². The SMILES string of the molecule is CCOC(=O)C[N+](C)(C)CCCNC(=O)COc1c2cc(C(C)(C)C)cc1Sc1cc(C(C)(C)C)cc(c1OCC(=O)NCCC[N+](C)(C)CC(=O)OCC)Sc1cc(C(C)(C)C)cc(c1OCC(=O)NCCC[N+](C)(C)CC(=O)OCC)Sc1cc(C(C)(C)C)cc(c1OCC(=O)NCCC[N+](C)(C)CC(=O)OCC)S2. The molecule has 0 saturated heterocycles. The average Bonchev–Trinajstić information content (AvgIpc) is 0.754. The Bertz CT molecular complexity index is 3300. The second-order valence-electron chi connectivity index (χ2n) is 35.1. The third-order valence-electron chi connectivity index (χ3n) is 18.3. The van der Waals surface area contributed by atoms with Crippen molar-refractivity contribution in [2.24, 2.45) is 0 Å². The fourth-order valence-electron chi connectivity index (χ4n) is 11.9. The number of benzene rings is 4. The largest absolute Gasteiger partial charge is 0.481 e. The summed E-state index contributed by atoms with van der Waals surface area (Å²) < 4.78 is 50.5. The van der Waals surface area contributed by atoms with Gasteiger partial charge in [0.2, 0.25) is 0 Å². The van der Waals surface area contributed by atoms with Crippen molar-refractivity contribution in [2.45, 2.75) is 197 Å². The Labute approximate surface area is 684 Å². The van der Waals surface area contributed by atoms with E-state index in [-0.39, 0.29) is 100 Å². The van der Waals surface area contributed by atoms with Gasteiger partial charge >= 0.3 is 23.9 Å². The van der Waals surface area contributed by atoms with Crippen LogP contribution in [0.15, 0.2) is 87.7 Å². The van der Waals surface area contributed by atoms with Gasteiger partial charge in [-0.05, 0) is 120 Å². The molecule has 1 aliphatic rings. The van der Waals surface area contributed by atoms with E-state index in [0.717, 1.165) is 22.3 Å². The minimum absolute atomic E-state index is 0.176. The first-order valence-electron chi connectivity index (χ1n) is 39.0. The number of hydrogen-bond acceptors (Lipinski definition) is 20. The molecule has 0 radical (unpaired) electrons. The van der Waals surface area contributed by atoms with Crippen molar-refractivity contribution >= 4 is 94.6 Å². The van der Waals surface area contributed by atoms with E-state index in [1.807, 2.05) is 56.4 Å². The Kier molecular flexibility index (Phi) is 36.4. The lowest BCUT2D eigenvalue weighted by Crippen LogP contribution is -2.46. The monoisotopic (exact) mass is 1640 g/mol. The predicted octanol–water partition coefficient (Wildman–Crippen LogP) is 11.9. The number of carbonyl (C=O) groups excluding carboxylic acids is 8. The van der Waals surface area contributed by atoms with Crippen LogP contribution in [0, 0.1) is 0 Å². The number of nitrogens with one attached hydrogen (secondary N) is 4. The molecule has 0 atom stereocenters. The minimum atomic E-state index is -0.486. The molecular weight excluding hydrogens is 1510 g/mol. The first kappa shape index (κ1) is 95.7. The fourth-order valence-corrected chi connectivity index (χ4v) is 16.7. The van der Waals surface area contributed by atoms with Gasteiger partial charge in [-0.2, -0.15) is 0 Å². The summed E-state index contributed by atoms with van der Waals surface area (Å²) in [6, 6.07) is 16.6. The van der Waals surface area contributed by atoms with Gasteiger partial charge in [0.05, 0.1) is 148 Å². The van der Waals surface area contributed by atoms with Gasteiger partial charge in [-0.25, -0.2) is 19.2 Å². The molecule has 0 aliphatic carbocycles. The maximum absolute atomic E-state index is 14.4. The maximum atomic E-state index is 14.4. The normalized spacial score (nSPS) is 12.9. The number of carbonyl (C=O) groups is 8. The van der Waals surface area contributed by atoms with Gasteiger partial charge in [-0.15, -0.1) is 0 Å². The van der Waals surface area contributed by atoms with E-state index in [9.17, 15) is 38.4 Å². The summed E-state index contributed by atoms with van der Waals surface area (Å²) in [6.45, 7) is 36.4. The van der Waals surface area contributed by atoms with Crippen LogP contribution in [0.2, 0.25) is 0 Å². The predicted molar refractivity (Wildman–Crippen MR) is 443 cm³/mol. The van der Waals surface area contributed by atoms with Gasteiger partial charge in [0.1, 0.15) is 23.0 Å².